The average molecular weight is 347 g/mol. The summed E-state index contributed by atoms with van der Waals surface area (Å²) in [6.07, 6.45) is 3.29. The molecule has 0 saturated carbocycles. The molecule has 1 N–H and O–H groups in total. The lowest BCUT2D eigenvalue weighted by atomic mass is 10.2. The summed E-state index contributed by atoms with van der Waals surface area (Å²) in [7, 11) is 0. The molecule has 2 heterocycles. The van der Waals surface area contributed by atoms with E-state index in [-0.39, 0.29) is 6.29 Å². The maximum absolute atomic E-state index is 5.76. The predicted molar refractivity (Wildman–Crippen MR) is 94.9 cm³/mol. The summed E-state index contributed by atoms with van der Waals surface area (Å²) in [6, 6.07) is 7.79. The van der Waals surface area contributed by atoms with Gasteiger partial charge in [-0.15, -0.1) is 11.3 Å². The van der Waals surface area contributed by atoms with Crippen molar-refractivity contribution in [1.29, 1.82) is 0 Å². The van der Waals surface area contributed by atoms with Gasteiger partial charge in [0.1, 0.15) is 5.75 Å². The van der Waals surface area contributed by atoms with Crippen LogP contribution in [0.1, 0.15) is 24.1 Å². The molecule has 1 aliphatic heterocycles. The van der Waals surface area contributed by atoms with E-state index in [0.29, 0.717) is 6.61 Å². The van der Waals surface area contributed by atoms with Crippen molar-refractivity contribution in [3.05, 3.63) is 40.9 Å². The maximum atomic E-state index is 5.76. The van der Waals surface area contributed by atoms with Gasteiger partial charge in [0.15, 0.2) is 6.29 Å². The summed E-state index contributed by atoms with van der Waals surface area (Å²) in [5.41, 5.74) is 4.86. The largest absolute Gasteiger partial charge is 0.493 e. The molecular formula is C17H21N3O3S. The number of hydrazone groups is 1. The Morgan fingerprint density at radius 3 is 3.08 bits per heavy atom. The van der Waals surface area contributed by atoms with E-state index in [4.69, 9.17) is 14.2 Å². The van der Waals surface area contributed by atoms with Gasteiger partial charge in [-0.2, -0.15) is 5.10 Å². The van der Waals surface area contributed by atoms with Crippen LogP contribution in [-0.4, -0.2) is 37.3 Å². The van der Waals surface area contributed by atoms with Crippen LogP contribution in [0.5, 0.6) is 5.75 Å². The quantitative estimate of drug-likeness (QED) is 0.614. The summed E-state index contributed by atoms with van der Waals surface area (Å²) >= 11 is 1.53. The number of aromatic nitrogens is 1. The first kappa shape index (κ1) is 16.9. The number of nitrogens with one attached hydrogen (secondary N) is 1. The molecule has 0 radical (unpaired) electrons. The topological polar surface area (TPSA) is 65.0 Å². The van der Waals surface area contributed by atoms with Crippen molar-refractivity contribution < 1.29 is 14.2 Å². The van der Waals surface area contributed by atoms with Gasteiger partial charge in [-0.25, -0.2) is 4.98 Å². The molecule has 0 bridgehead atoms. The normalized spacial score (nSPS) is 15.7. The van der Waals surface area contributed by atoms with Gasteiger partial charge >= 0.3 is 0 Å². The van der Waals surface area contributed by atoms with Crippen LogP contribution < -0.4 is 10.2 Å². The zero-order valence-corrected chi connectivity index (χ0v) is 14.4. The van der Waals surface area contributed by atoms with Gasteiger partial charge < -0.3 is 14.2 Å². The van der Waals surface area contributed by atoms with Crippen molar-refractivity contribution in [2.75, 3.05) is 25.2 Å². The van der Waals surface area contributed by atoms with E-state index < -0.39 is 0 Å². The first-order valence-corrected chi connectivity index (χ1v) is 8.85. The van der Waals surface area contributed by atoms with Crippen molar-refractivity contribution in [2.24, 2.45) is 5.10 Å². The molecule has 1 fully saturated rings. The number of thiazole rings is 1. The van der Waals surface area contributed by atoms with Gasteiger partial charge in [-0.05, 0) is 31.0 Å². The molecule has 0 spiro atoms. The number of benzene rings is 1. The minimum atomic E-state index is -0.144. The molecule has 0 aliphatic carbocycles. The Labute approximate surface area is 145 Å². The number of hydrogen-bond acceptors (Lipinski definition) is 7. The molecule has 2 aromatic rings. The molecule has 24 heavy (non-hydrogen) atoms. The van der Waals surface area contributed by atoms with Crippen LogP contribution in [0.4, 0.5) is 5.13 Å². The Bertz CT molecular complexity index is 669. The van der Waals surface area contributed by atoms with Gasteiger partial charge in [-0.3, -0.25) is 5.43 Å². The summed E-state index contributed by atoms with van der Waals surface area (Å²) in [5.74, 6) is 0.805. The minimum absolute atomic E-state index is 0.144. The molecule has 3 rings (SSSR count). The van der Waals surface area contributed by atoms with Crippen molar-refractivity contribution in [1.82, 2.24) is 4.98 Å². The summed E-state index contributed by atoms with van der Waals surface area (Å²) in [5, 5.41) is 6.96. The fourth-order valence-electron chi connectivity index (χ4n) is 2.23. The van der Waals surface area contributed by atoms with Crippen LogP contribution in [0.2, 0.25) is 0 Å². The van der Waals surface area contributed by atoms with E-state index in [9.17, 15) is 0 Å². The molecule has 128 valence electrons. The molecular weight excluding hydrogens is 326 g/mol. The van der Waals surface area contributed by atoms with Crippen LogP contribution in [0.25, 0.3) is 0 Å². The summed E-state index contributed by atoms with van der Waals surface area (Å²) < 4.78 is 16.8. The van der Waals surface area contributed by atoms with Crippen molar-refractivity contribution in [3.63, 3.8) is 0 Å². The summed E-state index contributed by atoms with van der Waals surface area (Å²) in [6.45, 7) is 4.04. The van der Waals surface area contributed by atoms with Gasteiger partial charge in [0.2, 0.25) is 5.13 Å². The highest BCUT2D eigenvalue weighted by Gasteiger charge is 2.13. The maximum Gasteiger partial charge on any atom is 0.203 e. The number of ether oxygens (including phenoxy) is 3. The van der Waals surface area contributed by atoms with Crippen LogP contribution >= 0.6 is 11.3 Å². The average Bonchev–Trinajstić information content (AvgIpc) is 3.02. The lowest BCUT2D eigenvalue weighted by Crippen LogP contribution is -2.26. The molecule has 0 unspecified atom stereocenters. The second kappa shape index (κ2) is 8.77. The number of aryl methyl sites for hydroxylation is 1. The Kier molecular flexibility index (Phi) is 6.17. The highest BCUT2D eigenvalue weighted by Crippen LogP contribution is 2.16. The second-order valence-corrected chi connectivity index (χ2v) is 6.26. The zero-order chi connectivity index (χ0) is 16.6. The SMILES string of the molecule is Cc1csc(NN=Cc2cccc(OCCC3OCCCO3)c2)n1. The molecule has 0 atom stereocenters. The van der Waals surface area contributed by atoms with Gasteiger partial charge in [0.05, 0.1) is 31.7 Å². The van der Waals surface area contributed by atoms with Crippen LogP contribution in [0.15, 0.2) is 34.7 Å². The first-order chi connectivity index (χ1) is 11.8. The van der Waals surface area contributed by atoms with E-state index in [1.54, 1.807) is 6.21 Å². The molecule has 1 aromatic heterocycles. The smallest absolute Gasteiger partial charge is 0.203 e. The fourth-order valence-corrected chi connectivity index (χ4v) is 2.87. The van der Waals surface area contributed by atoms with Crippen molar-refractivity contribution >= 4 is 22.7 Å². The third-order valence-electron chi connectivity index (χ3n) is 3.37. The zero-order valence-electron chi connectivity index (χ0n) is 13.6. The van der Waals surface area contributed by atoms with E-state index in [0.717, 1.165) is 48.2 Å². The van der Waals surface area contributed by atoms with Gasteiger partial charge in [0.25, 0.3) is 0 Å². The lowest BCUT2D eigenvalue weighted by molar-refractivity contribution is -0.183. The Hall–Kier alpha value is -1.96. The molecule has 6 nitrogen and oxygen atoms in total. The molecule has 1 aliphatic rings. The monoisotopic (exact) mass is 347 g/mol. The molecule has 1 aromatic carbocycles. The molecule has 0 amide bonds. The minimum Gasteiger partial charge on any atom is -0.493 e. The van der Waals surface area contributed by atoms with Crippen molar-refractivity contribution in [2.45, 2.75) is 26.1 Å². The standard InChI is InChI=1S/C17H21N3O3S/c1-13-12-24-17(19-13)20-18-11-14-4-2-5-15(10-14)21-9-6-16-22-7-3-8-23-16/h2,4-5,10-12,16H,3,6-9H2,1H3,(H,19,20). The number of anilines is 1. The third kappa shape index (κ3) is 5.30. The van der Waals surface area contributed by atoms with Crippen LogP contribution in [-0.2, 0) is 9.47 Å². The Balaban J connectivity index is 1.46. The second-order valence-electron chi connectivity index (χ2n) is 5.40. The van der Waals surface area contributed by atoms with E-state index >= 15 is 0 Å². The Morgan fingerprint density at radius 1 is 1.42 bits per heavy atom. The van der Waals surface area contributed by atoms with Crippen molar-refractivity contribution in [3.8, 4) is 5.75 Å². The highest BCUT2D eigenvalue weighted by atomic mass is 32.1. The third-order valence-corrected chi connectivity index (χ3v) is 4.23. The van der Waals surface area contributed by atoms with Gasteiger partial charge in [-0.1, -0.05) is 12.1 Å². The van der Waals surface area contributed by atoms with E-state index in [2.05, 4.69) is 15.5 Å². The highest BCUT2D eigenvalue weighted by molar-refractivity contribution is 7.13. The predicted octanol–water partition coefficient (Wildman–Crippen LogP) is 3.43. The Morgan fingerprint density at radius 2 is 2.29 bits per heavy atom. The number of rotatable bonds is 7. The van der Waals surface area contributed by atoms with E-state index in [1.165, 1.54) is 11.3 Å². The fraction of sp³-hybridized carbons (Fsp3) is 0.412. The molecule has 1 saturated heterocycles. The summed E-state index contributed by atoms with van der Waals surface area (Å²) in [4.78, 5) is 4.29. The van der Waals surface area contributed by atoms with Gasteiger partial charge in [0, 0.05) is 11.8 Å². The number of nitrogens with zero attached hydrogens (tertiary/aromatic N) is 2. The van der Waals surface area contributed by atoms with Crippen LogP contribution in [0, 0.1) is 6.92 Å². The molecule has 7 heteroatoms. The van der Waals surface area contributed by atoms with E-state index in [1.807, 2.05) is 36.6 Å². The number of hydrogen-bond donors (Lipinski definition) is 1. The first-order valence-electron chi connectivity index (χ1n) is 7.97. The van der Waals surface area contributed by atoms with Crippen LogP contribution in [0.3, 0.4) is 0 Å². The lowest BCUT2D eigenvalue weighted by Gasteiger charge is -2.23.